The van der Waals surface area contributed by atoms with Crippen LogP contribution in [0.5, 0.6) is 5.88 Å². The Morgan fingerprint density at radius 2 is 2.18 bits per heavy atom. The molecule has 120 valence electrons. The number of ether oxygens (including phenoxy) is 2. The number of nitrogens with zero attached hydrogens (tertiary/aromatic N) is 2. The van der Waals surface area contributed by atoms with E-state index in [1.807, 2.05) is 0 Å². The highest BCUT2D eigenvalue weighted by atomic mass is 35.5. The summed E-state index contributed by atoms with van der Waals surface area (Å²) in [4.78, 5) is 18.3. The minimum atomic E-state index is -0.310. The number of rotatable bonds is 3. The van der Waals surface area contributed by atoms with Crippen LogP contribution in [-0.2, 0) is 4.74 Å². The summed E-state index contributed by atoms with van der Waals surface area (Å²) in [5.74, 6) is 0.222. The fourth-order valence-electron chi connectivity index (χ4n) is 2.64. The molecule has 0 aliphatic carbocycles. The summed E-state index contributed by atoms with van der Waals surface area (Å²) in [6, 6.07) is 1.59. The summed E-state index contributed by atoms with van der Waals surface area (Å²) in [5, 5.41) is 9.83. The second-order valence-electron chi connectivity index (χ2n) is 5.64. The van der Waals surface area contributed by atoms with Crippen LogP contribution in [0.3, 0.4) is 0 Å². The lowest BCUT2D eigenvalue weighted by molar-refractivity contribution is 0.0546. The summed E-state index contributed by atoms with van der Waals surface area (Å²) in [6.07, 6.45) is 3.18. The van der Waals surface area contributed by atoms with Gasteiger partial charge in [-0.1, -0.05) is 11.6 Å². The lowest BCUT2D eigenvalue weighted by Crippen LogP contribution is -2.40. The van der Waals surface area contributed by atoms with Crippen molar-refractivity contribution in [3.63, 3.8) is 0 Å². The van der Waals surface area contributed by atoms with Crippen LogP contribution in [0.4, 0.5) is 0 Å². The molecule has 1 aromatic heterocycles. The smallest absolute Gasteiger partial charge is 0.255 e. The Kier molecular flexibility index (Phi) is 4.81. The molecule has 1 N–H and O–H groups in total. The van der Waals surface area contributed by atoms with Crippen molar-refractivity contribution in [2.24, 2.45) is 0 Å². The zero-order valence-corrected chi connectivity index (χ0v) is 13.0. The second kappa shape index (κ2) is 6.81. The molecule has 0 aromatic carbocycles. The van der Waals surface area contributed by atoms with E-state index in [2.05, 4.69) is 4.98 Å². The number of carbonyl (C=O) groups excluding carboxylic acids is 1. The number of hydrogen-bond donors (Lipinski definition) is 1. The molecule has 1 amide bonds. The van der Waals surface area contributed by atoms with Crippen molar-refractivity contribution in [2.45, 2.75) is 31.5 Å². The average Bonchev–Trinajstić information content (AvgIpc) is 3.02. The lowest BCUT2D eigenvalue weighted by Gasteiger charge is -2.29. The van der Waals surface area contributed by atoms with Crippen LogP contribution in [0.15, 0.2) is 12.3 Å². The number of likely N-dealkylation sites (tertiary alicyclic amines) is 1. The van der Waals surface area contributed by atoms with Gasteiger partial charge in [0, 0.05) is 25.7 Å². The minimum Gasteiger partial charge on any atom is -0.471 e. The number of halogens is 1. The SMILES string of the molecule is O=C(c1cnc(OC2CCOC2)c(Cl)c1)N1CCC(O)CC1. The monoisotopic (exact) mass is 326 g/mol. The van der Waals surface area contributed by atoms with Crippen molar-refractivity contribution < 1.29 is 19.4 Å². The van der Waals surface area contributed by atoms with Crippen molar-refractivity contribution >= 4 is 17.5 Å². The molecular formula is C15H19ClN2O4. The van der Waals surface area contributed by atoms with E-state index in [1.165, 1.54) is 6.20 Å². The van der Waals surface area contributed by atoms with Gasteiger partial charge in [0.25, 0.3) is 5.91 Å². The fourth-order valence-corrected chi connectivity index (χ4v) is 2.86. The molecule has 1 unspecified atom stereocenters. The van der Waals surface area contributed by atoms with Gasteiger partial charge in [0.2, 0.25) is 5.88 Å². The lowest BCUT2D eigenvalue weighted by atomic mass is 10.1. The van der Waals surface area contributed by atoms with Gasteiger partial charge < -0.3 is 19.5 Å². The number of aliphatic hydroxyl groups excluding tert-OH is 1. The zero-order valence-electron chi connectivity index (χ0n) is 12.2. The molecular weight excluding hydrogens is 308 g/mol. The minimum absolute atomic E-state index is 0.0323. The van der Waals surface area contributed by atoms with Gasteiger partial charge >= 0.3 is 0 Å². The molecule has 0 spiro atoms. The number of pyridine rings is 1. The molecule has 2 saturated heterocycles. The van der Waals surface area contributed by atoms with Crippen molar-refractivity contribution in [3.8, 4) is 5.88 Å². The normalized spacial score (nSPS) is 22.8. The van der Waals surface area contributed by atoms with Gasteiger partial charge in [-0.15, -0.1) is 0 Å². The molecule has 3 heterocycles. The second-order valence-corrected chi connectivity index (χ2v) is 6.04. The first-order valence-electron chi connectivity index (χ1n) is 7.51. The predicted octanol–water partition coefficient (Wildman–Crippen LogP) is 1.50. The van der Waals surface area contributed by atoms with Gasteiger partial charge in [-0.2, -0.15) is 0 Å². The number of amides is 1. The number of piperidine rings is 1. The van der Waals surface area contributed by atoms with E-state index in [1.54, 1.807) is 11.0 Å². The first-order valence-corrected chi connectivity index (χ1v) is 7.88. The maximum absolute atomic E-state index is 12.4. The highest BCUT2D eigenvalue weighted by Gasteiger charge is 2.24. The van der Waals surface area contributed by atoms with Crippen molar-refractivity contribution in [1.29, 1.82) is 0 Å². The summed E-state index contributed by atoms with van der Waals surface area (Å²) < 4.78 is 10.9. The quantitative estimate of drug-likeness (QED) is 0.911. The van der Waals surface area contributed by atoms with Crippen LogP contribution in [0.25, 0.3) is 0 Å². The van der Waals surface area contributed by atoms with Crippen LogP contribution in [-0.4, -0.2) is 59.4 Å². The van der Waals surface area contributed by atoms with E-state index in [0.717, 1.165) is 6.42 Å². The summed E-state index contributed by atoms with van der Waals surface area (Å²) in [7, 11) is 0. The van der Waals surface area contributed by atoms with Gasteiger partial charge in [-0.25, -0.2) is 4.98 Å². The van der Waals surface area contributed by atoms with E-state index < -0.39 is 0 Å². The van der Waals surface area contributed by atoms with Crippen LogP contribution >= 0.6 is 11.6 Å². The van der Waals surface area contributed by atoms with Crippen LogP contribution in [0, 0.1) is 0 Å². The van der Waals surface area contributed by atoms with E-state index in [9.17, 15) is 9.90 Å². The van der Waals surface area contributed by atoms with Crippen LogP contribution in [0.2, 0.25) is 5.02 Å². The Morgan fingerprint density at radius 1 is 1.41 bits per heavy atom. The molecule has 6 nitrogen and oxygen atoms in total. The number of aromatic nitrogens is 1. The summed E-state index contributed by atoms with van der Waals surface area (Å²) >= 11 is 6.17. The number of hydrogen-bond acceptors (Lipinski definition) is 5. The van der Waals surface area contributed by atoms with E-state index >= 15 is 0 Å². The highest BCUT2D eigenvalue weighted by molar-refractivity contribution is 6.32. The zero-order chi connectivity index (χ0) is 15.5. The molecule has 1 atom stereocenters. The topological polar surface area (TPSA) is 71.9 Å². The van der Waals surface area contributed by atoms with E-state index in [0.29, 0.717) is 55.6 Å². The van der Waals surface area contributed by atoms with Crippen LogP contribution in [0.1, 0.15) is 29.6 Å². The average molecular weight is 327 g/mol. The number of aliphatic hydroxyl groups is 1. The van der Waals surface area contributed by atoms with Gasteiger partial charge in [-0.3, -0.25) is 4.79 Å². The highest BCUT2D eigenvalue weighted by Crippen LogP contribution is 2.26. The summed E-state index contributed by atoms with van der Waals surface area (Å²) in [6.45, 7) is 2.32. The van der Waals surface area contributed by atoms with Crippen LogP contribution < -0.4 is 4.74 Å². The Labute approximate surface area is 134 Å². The standard InChI is InChI=1S/C15H19ClN2O4/c16-13-7-10(15(20)18-4-1-11(19)2-5-18)8-17-14(13)22-12-3-6-21-9-12/h7-8,11-12,19H,1-6,9H2. The van der Waals surface area contributed by atoms with Gasteiger partial charge in [-0.05, 0) is 18.9 Å². The van der Waals surface area contributed by atoms with Gasteiger partial charge in [0.1, 0.15) is 11.1 Å². The third kappa shape index (κ3) is 3.51. The summed E-state index contributed by atoms with van der Waals surface area (Å²) in [5.41, 5.74) is 0.441. The number of carbonyl (C=O) groups is 1. The molecule has 2 aliphatic rings. The molecule has 22 heavy (non-hydrogen) atoms. The molecule has 0 radical (unpaired) electrons. The fraction of sp³-hybridized carbons (Fsp3) is 0.600. The first-order chi connectivity index (χ1) is 10.6. The van der Waals surface area contributed by atoms with Gasteiger partial charge in [0.05, 0.1) is 24.9 Å². The Morgan fingerprint density at radius 3 is 2.82 bits per heavy atom. The van der Waals surface area contributed by atoms with Gasteiger partial charge in [0.15, 0.2) is 0 Å². The van der Waals surface area contributed by atoms with Crippen molar-refractivity contribution in [2.75, 3.05) is 26.3 Å². The maximum atomic E-state index is 12.4. The molecule has 0 bridgehead atoms. The molecule has 7 heteroatoms. The molecule has 2 fully saturated rings. The van der Waals surface area contributed by atoms with Crippen molar-refractivity contribution in [3.05, 3.63) is 22.8 Å². The Bertz CT molecular complexity index is 540. The Hall–Kier alpha value is -1.37. The molecule has 0 saturated carbocycles. The molecule has 3 rings (SSSR count). The molecule has 1 aromatic rings. The maximum Gasteiger partial charge on any atom is 0.255 e. The van der Waals surface area contributed by atoms with E-state index in [4.69, 9.17) is 21.1 Å². The molecule has 2 aliphatic heterocycles. The predicted molar refractivity (Wildman–Crippen MR) is 80.2 cm³/mol. The van der Waals surface area contributed by atoms with E-state index in [-0.39, 0.29) is 18.1 Å². The third-order valence-corrected chi connectivity index (χ3v) is 4.24. The third-order valence-electron chi connectivity index (χ3n) is 3.97. The first kappa shape index (κ1) is 15.5. The largest absolute Gasteiger partial charge is 0.471 e. The van der Waals surface area contributed by atoms with Crippen molar-refractivity contribution in [1.82, 2.24) is 9.88 Å². The Balaban J connectivity index is 1.66.